The van der Waals surface area contributed by atoms with Gasteiger partial charge in [0, 0.05) is 55.0 Å². The molecule has 7 rings (SSSR count). The first-order valence-corrected chi connectivity index (χ1v) is 13.7. The number of carbonyl (C=O) groups is 1. The molecule has 0 atom stereocenters. The predicted octanol–water partition coefficient (Wildman–Crippen LogP) is 5.13. The molecule has 4 heterocycles. The van der Waals surface area contributed by atoms with E-state index in [9.17, 15) is 18.0 Å². The van der Waals surface area contributed by atoms with E-state index >= 15 is 0 Å². The number of nitrogens with zero attached hydrogens (tertiary/aromatic N) is 5. The summed E-state index contributed by atoms with van der Waals surface area (Å²) in [5.41, 5.74) is 0.546. The summed E-state index contributed by atoms with van der Waals surface area (Å²) in [7, 11) is 0. The van der Waals surface area contributed by atoms with Crippen LogP contribution < -0.4 is 0 Å². The van der Waals surface area contributed by atoms with Crippen LogP contribution in [0.1, 0.15) is 86.1 Å². The predicted molar refractivity (Wildman–Crippen MR) is 129 cm³/mol. The van der Waals surface area contributed by atoms with Crippen molar-refractivity contribution in [2.45, 2.75) is 75.8 Å². The Morgan fingerprint density at radius 3 is 2.24 bits per heavy atom. The van der Waals surface area contributed by atoms with Crippen LogP contribution in [0, 0.1) is 16.7 Å². The number of nitrogens with one attached hydrogen (secondary N) is 1. The molecular formula is C27H33F3N6O. The van der Waals surface area contributed by atoms with Crippen LogP contribution in [-0.4, -0.2) is 62.2 Å². The number of aromatic amines is 1. The molecule has 0 aromatic carbocycles. The Balaban J connectivity index is 0.838. The van der Waals surface area contributed by atoms with Crippen molar-refractivity contribution in [1.82, 2.24) is 30.0 Å². The van der Waals surface area contributed by atoms with Crippen LogP contribution in [0.4, 0.5) is 18.0 Å². The third-order valence-electron chi connectivity index (χ3n) is 9.66. The van der Waals surface area contributed by atoms with Crippen LogP contribution in [0.3, 0.4) is 0 Å². The Hall–Kier alpha value is -2.65. The Morgan fingerprint density at radius 2 is 1.65 bits per heavy atom. The number of halogens is 3. The normalized spacial score (nSPS) is 25.2. The highest BCUT2D eigenvalue weighted by Crippen LogP contribution is 2.56. The molecule has 0 radical (unpaired) electrons. The van der Waals surface area contributed by atoms with E-state index in [0.717, 1.165) is 94.4 Å². The molecule has 2 spiro atoms. The SMILES string of the molecule is O=C(N1CC2(CCC(Cc3ccc(C(F)(F)F)nc3)CC2)C1)N1CC2(CC(c3n[nH]c(C4CC4)n3)C2)C1. The minimum Gasteiger partial charge on any atom is -0.323 e. The average Bonchev–Trinajstić information content (AvgIpc) is 3.53. The number of urea groups is 1. The van der Waals surface area contributed by atoms with Gasteiger partial charge in [-0.1, -0.05) is 6.07 Å². The van der Waals surface area contributed by atoms with Crippen molar-refractivity contribution in [2.24, 2.45) is 16.7 Å². The van der Waals surface area contributed by atoms with Gasteiger partial charge < -0.3 is 9.80 Å². The van der Waals surface area contributed by atoms with Crippen LogP contribution in [-0.2, 0) is 12.6 Å². The molecule has 0 unspecified atom stereocenters. The van der Waals surface area contributed by atoms with E-state index in [1.165, 1.54) is 19.0 Å². The van der Waals surface area contributed by atoms with E-state index in [-0.39, 0.29) is 16.9 Å². The molecule has 2 aliphatic heterocycles. The van der Waals surface area contributed by atoms with Gasteiger partial charge in [-0.2, -0.15) is 18.3 Å². The number of rotatable bonds is 4. The molecule has 2 aromatic heterocycles. The number of aromatic nitrogens is 4. The van der Waals surface area contributed by atoms with Gasteiger partial charge in [0.15, 0.2) is 5.82 Å². The smallest absolute Gasteiger partial charge is 0.323 e. The van der Waals surface area contributed by atoms with Gasteiger partial charge in [-0.05, 0) is 75.3 Å². The second-order valence-corrected chi connectivity index (χ2v) is 12.6. The number of pyridine rings is 1. The van der Waals surface area contributed by atoms with Gasteiger partial charge in [-0.3, -0.25) is 10.1 Å². The van der Waals surface area contributed by atoms with Gasteiger partial charge in [-0.15, -0.1) is 0 Å². The summed E-state index contributed by atoms with van der Waals surface area (Å²) >= 11 is 0. The Labute approximate surface area is 214 Å². The molecule has 1 N–H and O–H groups in total. The molecule has 3 aliphatic carbocycles. The van der Waals surface area contributed by atoms with E-state index < -0.39 is 11.9 Å². The van der Waals surface area contributed by atoms with E-state index in [0.29, 0.717) is 17.8 Å². The lowest BCUT2D eigenvalue weighted by Gasteiger charge is -2.61. The summed E-state index contributed by atoms with van der Waals surface area (Å²) in [5.74, 6) is 3.52. The zero-order valence-corrected chi connectivity index (χ0v) is 20.9. The fourth-order valence-corrected chi connectivity index (χ4v) is 7.29. The van der Waals surface area contributed by atoms with Gasteiger partial charge >= 0.3 is 12.2 Å². The summed E-state index contributed by atoms with van der Waals surface area (Å²) < 4.78 is 38.2. The minimum atomic E-state index is -4.39. The zero-order chi connectivity index (χ0) is 25.4. The highest BCUT2D eigenvalue weighted by molar-refractivity contribution is 5.76. The van der Waals surface area contributed by atoms with Gasteiger partial charge in [0.1, 0.15) is 11.5 Å². The van der Waals surface area contributed by atoms with Crippen molar-refractivity contribution in [3.8, 4) is 0 Å². The van der Waals surface area contributed by atoms with Crippen LogP contribution in [0.2, 0.25) is 0 Å². The number of amides is 2. The van der Waals surface area contributed by atoms with Crippen LogP contribution in [0.15, 0.2) is 18.3 Å². The number of hydrogen-bond donors (Lipinski definition) is 1. The third-order valence-corrected chi connectivity index (χ3v) is 9.66. The molecule has 5 aliphatic rings. The van der Waals surface area contributed by atoms with Gasteiger partial charge in [0.25, 0.3) is 0 Å². The summed E-state index contributed by atoms with van der Waals surface area (Å²) in [4.78, 5) is 25.4. The Morgan fingerprint density at radius 1 is 0.973 bits per heavy atom. The Kier molecular flexibility index (Phi) is 5.18. The minimum absolute atomic E-state index is 0.187. The van der Waals surface area contributed by atoms with Crippen LogP contribution in [0.5, 0.6) is 0 Å². The highest BCUT2D eigenvalue weighted by Gasteiger charge is 2.57. The monoisotopic (exact) mass is 514 g/mol. The first kappa shape index (κ1) is 23.5. The highest BCUT2D eigenvalue weighted by atomic mass is 19.4. The fraction of sp³-hybridized carbons (Fsp3) is 0.704. The second-order valence-electron chi connectivity index (χ2n) is 12.6. The molecule has 7 nitrogen and oxygen atoms in total. The van der Waals surface area contributed by atoms with Crippen molar-refractivity contribution in [3.05, 3.63) is 41.2 Å². The molecule has 0 bridgehead atoms. The molecule has 37 heavy (non-hydrogen) atoms. The second kappa shape index (κ2) is 8.17. The molecule has 3 saturated carbocycles. The van der Waals surface area contributed by atoms with Crippen molar-refractivity contribution >= 4 is 6.03 Å². The number of H-pyrrole nitrogens is 1. The summed E-state index contributed by atoms with van der Waals surface area (Å²) in [5, 5.41) is 7.56. The zero-order valence-electron chi connectivity index (χ0n) is 20.9. The third kappa shape index (κ3) is 4.30. The largest absolute Gasteiger partial charge is 0.433 e. The topological polar surface area (TPSA) is 78.0 Å². The molecule has 198 valence electrons. The first-order chi connectivity index (χ1) is 17.7. The number of hydrogen-bond acceptors (Lipinski definition) is 4. The molecule has 10 heteroatoms. The van der Waals surface area contributed by atoms with E-state index in [2.05, 4.69) is 15.2 Å². The molecule has 2 amide bonds. The molecule has 5 fully saturated rings. The quantitative estimate of drug-likeness (QED) is 0.614. The maximum absolute atomic E-state index is 13.0. The maximum atomic E-state index is 13.0. The lowest BCUT2D eigenvalue weighted by Crippen LogP contribution is -2.69. The summed E-state index contributed by atoms with van der Waals surface area (Å²) in [6, 6.07) is 2.83. The van der Waals surface area contributed by atoms with Crippen molar-refractivity contribution in [2.75, 3.05) is 26.2 Å². The molecule has 2 aromatic rings. The van der Waals surface area contributed by atoms with Crippen molar-refractivity contribution < 1.29 is 18.0 Å². The number of carbonyl (C=O) groups excluding carboxylic acids is 1. The lowest BCUT2D eigenvalue weighted by molar-refractivity contribution is -0.141. The van der Waals surface area contributed by atoms with E-state index in [1.807, 2.05) is 9.80 Å². The maximum Gasteiger partial charge on any atom is 0.433 e. The van der Waals surface area contributed by atoms with Crippen LogP contribution >= 0.6 is 0 Å². The summed E-state index contributed by atoms with van der Waals surface area (Å²) in [6.45, 7) is 3.39. The molecular weight excluding hydrogens is 481 g/mol. The Bertz CT molecular complexity index is 1160. The van der Waals surface area contributed by atoms with Gasteiger partial charge in [-0.25, -0.2) is 9.78 Å². The standard InChI is InChI=1S/C27H33F3N6O/c28-27(29,30)21-4-1-18(12-31-21)9-17-5-7-25(8-6-17)13-35(14-25)24(37)36-15-26(16-36)10-20(11-26)23-32-22(33-34-23)19-2-3-19/h1,4,12,17,19-20H,2-3,5-11,13-16H2,(H,32,33,34). The fourth-order valence-electron chi connectivity index (χ4n) is 7.29. The van der Waals surface area contributed by atoms with Crippen molar-refractivity contribution in [3.63, 3.8) is 0 Å². The lowest BCUT2D eigenvalue weighted by atomic mass is 9.57. The van der Waals surface area contributed by atoms with E-state index in [4.69, 9.17) is 4.98 Å². The van der Waals surface area contributed by atoms with Gasteiger partial charge in [0.2, 0.25) is 0 Å². The van der Waals surface area contributed by atoms with Crippen molar-refractivity contribution in [1.29, 1.82) is 0 Å². The first-order valence-electron chi connectivity index (χ1n) is 13.7. The van der Waals surface area contributed by atoms with E-state index in [1.54, 1.807) is 6.07 Å². The van der Waals surface area contributed by atoms with Crippen LogP contribution in [0.25, 0.3) is 0 Å². The molecule has 2 saturated heterocycles. The van der Waals surface area contributed by atoms with Gasteiger partial charge in [0.05, 0.1) is 0 Å². The average molecular weight is 515 g/mol. The summed E-state index contributed by atoms with van der Waals surface area (Å²) in [6.07, 6.45) is 6.64. The number of likely N-dealkylation sites (tertiary alicyclic amines) is 2. The number of alkyl halides is 3.